The Bertz CT molecular complexity index is 1570. The largest absolute Gasteiger partial charge is 0.487 e. The summed E-state index contributed by atoms with van der Waals surface area (Å²) in [5.74, 6) is 0.954. The molecule has 1 N–H and O–H groups in total. The molecule has 5 rings (SSSR count). The molecule has 3 heterocycles. The molecule has 0 unspecified atom stereocenters. The van der Waals surface area contributed by atoms with E-state index < -0.39 is 0 Å². The Morgan fingerprint density at radius 2 is 1.83 bits per heavy atom. The van der Waals surface area contributed by atoms with Gasteiger partial charge in [0.25, 0.3) is 11.5 Å². The van der Waals surface area contributed by atoms with Crippen LogP contribution >= 0.6 is 0 Å². The lowest BCUT2D eigenvalue weighted by molar-refractivity contribution is 0.0748. The van der Waals surface area contributed by atoms with Crippen LogP contribution in [0.2, 0.25) is 0 Å². The monoisotopic (exact) mass is 467 g/mol. The van der Waals surface area contributed by atoms with Crippen molar-refractivity contribution >= 4 is 22.5 Å². The molecule has 3 aromatic heterocycles. The summed E-state index contributed by atoms with van der Waals surface area (Å²) in [6.45, 7) is 4.94. The molecule has 0 atom stereocenters. The third-order valence-corrected chi connectivity index (χ3v) is 5.81. The molecule has 0 bridgehead atoms. The van der Waals surface area contributed by atoms with Crippen molar-refractivity contribution in [2.24, 2.45) is 0 Å². The van der Waals surface area contributed by atoms with Crippen molar-refractivity contribution in [2.45, 2.75) is 27.0 Å². The number of imidazole rings is 1. The SMILES string of the molecule is CCN(Cc1nc2ccccc2c(=O)[nH]1)C(=O)c1ccc(OCc2cn3cc(C)ccc3n2)cc1. The molecule has 5 aromatic rings. The van der Waals surface area contributed by atoms with Gasteiger partial charge in [-0.3, -0.25) is 9.59 Å². The number of para-hydroxylation sites is 1. The second-order valence-corrected chi connectivity index (χ2v) is 8.37. The Morgan fingerprint density at radius 3 is 2.63 bits per heavy atom. The zero-order valence-corrected chi connectivity index (χ0v) is 19.6. The first kappa shape index (κ1) is 22.3. The van der Waals surface area contributed by atoms with Crippen LogP contribution in [0.25, 0.3) is 16.6 Å². The van der Waals surface area contributed by atoms with E-state index in [1.165, 1.54) is 0 Å². The van der Waals surface area contributed by atoms with E-state index in [1.807, 2.05) is 48.8 Å². The Morgan fingerprint density at radius 1 is 1.03 bits per heavy atom. The quantitative estimate of drug-likeness (QED) is 0.389. The van der Waals surface area contributed by atoms with E-state index in [9.17, 15) is 9.59 Å². The lowest BCUT2D eigenvalue weighted by Crippen LogP contribution is -2.31. The third kappa shape index (κ3) is 4.77. The minimum atomic E-state index is -0.212. The summed E-state index contributed by atoms with van der Waals surface area (Å²) in [4.78, 5) is 39.0. The second kappa shape index (κ2) is 9.42. The van der Waals surface area contributed by atoms with Gasteiger partial charge in [-0.15, -0.1) is 0 Å². The van der Waals surface area contributed by atoms with E-state index in [4.69, 9.17) is 4.74 Å². The fourth-order valence-electron chi connectivity index (χ4n) is 3.98. The number of hydrogen-bond donors (Lipinski definition) is 1. The molecule has 8 nitrogen and oxygen atoms in total. The van der Waals surface area contributed by atoms with Crippen molar-refractivity contribution in [3.8, 4) is 5.75 Å². The van der Waals surface area contributed by atoms with Gasteiger partial charge in [0.1, 0.15) is 23.8 Å². The predicted octanol–water partition coefficient (Wildman–Crippen LogP) is 4.12. The fraction of sp³-hybridized carbons (Fsp3) is 0.185. The first-order valence-electron chi connectivity index (χ1n) is 11.4. The van der Waals surface area contributed by atoms with Crippen molar-refractivity contribution < 1.29 is 9.53 Å². The average Bonchev–Trinajstić information content (AvgIpc) is 3.28. The zero-order chi connectivity index (χ0) is 24.4. The maximum atomic E-state index is 13.1. The first-order valence-corrected chi connectivity index (χ1v) is 11.4. The van der Waals surface area contributed by atoms with E-state index in [2.05, 4.69) is 15.0 Å². The second-order valence-electron chi connectivity index (χ2n) is 8.37. The number of carbonyl (C=O) groups excluding carboxylic acids is 1. The van der Waals surface area contributed by atoms with Gasteiger partial charge < -0.3 is 19.0 Å². The highest BCUT2D eigenvalue weighted by Gasteiger charge is 2.16. The number of hydrogen-bond acceptors (Lipinski definition) is 5. The number of H-pyrrole nitrogens is 1. The van der Waals surface area contributed by atoms with Gasteiger partial charge in [-0.2, -0.15) is 0 Å². The number of carbonyl (C=O) groups is 1. The van der Waals surface area contributed by atoms with E-state index in [0.717, 1.165) is 16.9 Å². The molecule has 176 valence electrons. The number of ether oxygens (including phenoxy) is 1. The van der Waals surface area contributed by atoms with Crippen LogP contribution in [-0.4, -0.2) is 36.7 Å². The van der Waals surface area contributed by atoms with Gasteiger partial charge in [-0.25, -0.2) is 9.97 Å². The van der Waals surface area contributed by atoms with Crippen LogP contribution in [-0.2, 0) is 13.2 Å². The van der Waals surface area contributed by atoms with Crippen molar-refractivity contribution in [3.05, 3.63) is 106 Å². The number of nitrogens with one attached hydrogen (secondary N) is 1. The topological polar surface area (TPSA) is 92.6 Å². The van der Waals surface area contributed by atoms with Crippen molar-refractivity contribution in [1.29, 1.82) is 0 Å². The number of benzene rings is 2. The summed E-state index contributed by atoms with van der Waals surface area (Å²) >= 11 is 0. The minimum Gasteiger partial charge on any atom is -0.487 e. The lowest BCUT2D eigenvalue weighted by atomic mass is 10.2. The van der Waals surface area contributed by atoms with Gasteiger partial charge in [0.05, 0.1) is 23.1 Å². The van der Waals surface area contributed by atoms with Crippen molar-refractivity contribution in [1.82, 2.24) is 24.3 Å². The maximum Gasteiger partial charge on any atom is 0.258 e. The van der Waals surface area contributed by atoms with Crippen LogP contribution in [0.5, 0.6) is 5.75 Å². The number of aromatic amines is 1. The Hall–Kier alpha value is -4.46. The number of aromatic nitrogens is 4. The molecule has 0 aliphatic carbocycles. The molecule has 1 amide bonds. The van der Waals surface area contributed by atoms with Gasteiger partial charge in [0.2, 0.25) is 0 Å². The molecule has 0 saturated carbocycles. The van der Waals surface area contributed by atoms with Crippen molar-refractivity contribution in [2.75, 3.05) is 6.54 Å². The van der Waals surface area contributed by atoms with Crippen LogP contribution in [0.15, 0.2) is 77.9 Å². The van der Waals surface area contributed by atoms with Gasteiger partial charge in [-0.05, 0) is 61.9 Å². The lowest BCUT2D eigenvalue weighted by Gasteiger charge is -2.20. The van der Waals surface area contributed by atoms with Crippen LogP contribution in [0.1, 0.15) is 34.4 Å². The van der Waals surface area contributed by atoms with Crippen LogP contribution in [0.4, 0.5) is 0 Å². The highest BCUT2D eigenvalue weighted by Crippen LogP contribution is 2.17. The van der Waals surface area contributed by atoms with Gasteiger partial charge >= 0.3 is 0 Å². The molecule has 0 saturated heterocycles. The molecular weight excluding hydrogens is 442 g/mol. The maximum absolute atomic E-state index is 13.1. The van der Waals surface area contributed by atoms with Gasteiger partial charge in [-0.1, -0.05) is 18.2 Å². The highest BCUT2D eigenvalue weighted by atomic mass is 16.5. The molecule has 0 spiro atoms. The minimum absolute atomic E-state index is 0.148. The van der Waals surface area contributed by atoms with E-state index in [1.54, 1.807) is 47.4 Å². The van der Waals surface area contributed by atoms with Gasteiger partial charge in [0, 0.05) is 24.5 Å². The van der Waals surface area contributed by atoms with Crippen LogP contribution in [0.3, 0.4) is 0 Å². The summed E-state index contributed by atoms with van der Waals surface area (Å²) < 4.78 is 7.85. The molecule has 2 aromatic carbocycles. The van der Waals surface area contributed by atoms with Gasteiger partial charge in [0.15, 0.2) is 0 Å². The number of aryl methyl sites for hydroxylation is 1. The molecule has 0 aliphatic rings. The van der Waals surface area contributed by atoms with Crippen LogP contribution in [0, 0.1) is 6.92 Å². The fourth-order valence-corrected chi connectivity index (χ4v) is 3.98. The molecule has 0 fully saturated rings. The Labute approximate surface area is 201 Å². The Balaban J connectivity index is 1.26. The molecule has 35 heavy (non-hydrogen) atoms. The summed E-state index contributed by atoms with van der Waals surface area (Å²) in [6, 6.07) is 18.2. The molecule has 0 aliphatic heterocycles. The smallest absolute Gasteiger partial charge is 0.258 e. The predicted molar refractivity (Wildman–Crippen MR) is 133 cm³/mol. The van der Waals surface area contributed by atoms with E-state index >= 15 is 0 Å². The highest BCUT2D eigenvalue weighted by molar-refractivity contribution is 5.94. The number of rotatable bonds is 7. The van der Waals surface area contributed by atoms with Crippen LogP contribution < -0.4 is 10.3 Å². The molecular formula is C27H25N5O3. The molecule has 8 heteroatoms. The third-order valence-electron chi connectivity index (χ3n) is 5.81. The van der Waals surface area contributed by atoms with E-state index in [0.29, 0.717) is 41.2 Å². The van der Waals surface area contributed by atoms with Crippen molar-refractivity contribution in [3.63, 3.8) is 0 Å². The standard InChI is InChI=1S/C27H25N5O3/c1-3-31(16-24-29-23-7-5-4-6-22(23)26(33)30-24)27(34)19-9-11-21(12-10-19)35-17-20-15-32-14-18(2)8-13-25(32)28-20/h4-15H,3,16-17H2,1-2H3,(H,29,30,33). The summed E-state index contributed by atoms with van der Waals surface area (Å²) in [5.41, 5.74) is 3.78. The summed E-state index contributed by atoms with van der Waals surface area (Å²) in [5, 5.41) is 0.528. The zero-order valence-electron chi connectivity index (χ0n) is 19.6. The number of amides is 1. The summed E-state index contributed by atoms with van der Waals surface area (Å²) in [7, 11) is 0. The first-order chi connectivity index (χ1) is 17.0. The average molecular weight is 468 g/mol. The molecule has 0 radical (unpaired) electrons. The summed E-state index contributed by atoms with van der Waals surface area (Å²) in [6.07, 6.45) is 3.97. The normalized spacial score (nSPS) is 11.1. The Kier molecular flexibility index (Phi) is 6.01. The number of pyridine rings is 1. The number of nitrogens with zero attached hydrogens (tertiary/aromatic N) is 4. The number of fused-ring (bicyclic) bond motifs is 2. The van der Waals surface area contributed by atoms with E-state index in [-0.39, 0.29) is 18.0 Å².